The molecule has 0 aliphatic heterocycles. The normalized spacial score (nSPS) is 13.5. The number of nitrogens with zero attached hydrogens (tertiary/aromatic N) is 1. The van der Waals surface area contributed by atoms with Crippen LogP contribution in [0.25, 0.3) is 0 Å². The van der Waals surface area contributed by atoms with E-state index in [4.69, 9.17) is 5.73 Å². The van der Waals surface area contributed by atoms with Crippen molar-refractivity contribution in [1.29, 1.82) is 0 Å². The Hall–Kier alpha value is -0.410. The second kappa shape index (κ2) is 5.35. The Morgan fingerprint density at radius 3 is 2.62 bits per heavy atom. The summed E-state index contributed by atoms with van der Waals surface area (Å²) in [5, 5.41) is 0. The quantitative estimate of drug-likeness (QED) is 0.789. The molecule has 1 aromatic heterocycles. The lowest BCUT2D eigenvalue weighted by atomic mass is 9.92. The van der Waals surface area contributed by atoms with E-state index in [0.717, 1.165) is 6.42 Å². The molecule has 0 amide bonds. The van der Waals surface area contributed by atoms with Gasteiger partial charge in [0.25, 0.3) is 0 Å². The molecule has 1 aromatic rings. The molecule has 0 fully saturated rings. The fourth-order valence-electron chi connectivity index (χ4n) is 1.64. The van der Waals surface area contributed by atoms with Crippen LogP contribution in [0.4, 0.5) is 0 Å². The minimum atomic E-state index is 0.301. The highest BCUT2D eigenvalue weighted by Gasteiger charge is 2.14. The second-order valence-corrected chi connectivity index (χ2v) is 4.38. The Labute approximate surface area is 84.2 Å². The lowest BCUT2D eigenvalue weighted by molar-refractivity contribution is 0.395. The van der Waals surface area contributed by atoms with Gasteiger partial charge in [-0.2, -0.15) is 0 Å². The first-order valence-corrected chi connectivity index (χ1v) is 5.78. The van der Waals surface area contributed by atoms with Gasteiger partial charge in [0.05, 0.1) is 5.51 Å². The Morgan fingerprint density at radius 1 is 1.46 bits per heavy atom. The Balaban J connectivity index is 2.44. The summed E-state index contributed by atoms with van der Waals surface area (Å²) in [4.78, 5) is 5.35. The summed E-state index contributed by atoms with van der Waals surface area (Å²) in [6.45, 7) is 4.42. The van der Waals surface area contributed by atoms with E-state index >= 15 is 0 Å². The predicted octanol–water partition coefficient (Wildman–Crippen LogP) is 2.45. The van der Waals surface area contributed by atoms with Gasteiger partial charge in [-0.3, -0.25) is 4.98 Å². The van der Waals surface area contributed by atoms with Crippen molar-refractivity contribution in [2.45, 2.75) is 39.2 Å². The highest BCUT2D eigenvalue weighted by Crippen LogP contribution is 2.17. The molecule has 74 valence electrons. The van der Waals surface area contributed by atoms with E-state index in [9.17, 15) is 0 Å². The van der Waals surface area contributed by atoms with Crippen LogP contribution in [0.1, 0.15) is 31.6 Å². The van der Waals surface area contributed by atoms with Gasteiger partial charge in [0, 0.05) is 17.1 Å². The van der Waals surface area contributed by atoms with Crippen LogP contribution in [-0.2, 0) is 6.42 Å². The van der Waals surface area contributed by atoms with Crippen LogP contribution in [0.3, 0.4) is 0 Å². The zero-order valence-corrected chi connectivity index (χ0v) is 9.18. The second-order valence-electron chi connectivity index (χ2n) is 3.41. The molecule has 3 heteroatoms. The third-order valence-corrected chi connectivity index (χ3v) is 3.38. The smallest absolute Gasteiger partial charge is 0.0794 e. The van der Waals surface area contributed by atoms with Crippen molar-refractivity contribution >= 4 is 11.3 Å². The maximum atomic E-state index is 6.11. The van der Waals surface area contributed by atoms with Crippen molar-refractivity contribution < 1.29 is 0 Å². The minimum absolute atomic E-state index is 0.301. The number of hydrogen-bond donors (Lipinski definition) is 1. The lowest BCUT2D eigenvalue weighted by Crippen LogP contribution is -2.31. The molecule has 0 aromatic carbocycles. The van der Waals surface area contributed by atoms with Gasteiger partial charge in [-0.25, -0.2) is 0 Å². The van der Waals surface area contributed by atoms with Crippen molar-refractivity contribution in [3.63, 3.8) is 0 Å². The summed E-state index contributed by atoms with van der Waals surface area (Å²) in [5.41, 5.74) is 7.98. The predicted molar refractivity (Wildman–Crippen MR) is 57.9 cm³/mol. The molecule has 1 rings (SSSR count). The minimum Gasteiger partial charge on any atom is -0.327 e. The first-order chi connectivity index (χ1) is 6.27. The monoisotopic (exact) mass is 198 g/mol. The highest BCUT2D eigenvalue weighted by molar-refractivity contribution is 7.09. The Kier molecular flexibility index (Phi) is 4.39. The molecule has 0 radical (unpaired) electrons. The average Bonchev–Trinajstić information content (AvgIpc) is 2.59. The molecule has 2 nitrogen and oxygen atoms in total. The first-order valence-electron chi connectivity index (χ1n) is 4.90. The molecule has 2 N–H and O–H groups in total. The summed E-state index contributed by atoms with van der Waals surface area (Å²) in [6.07, 6.45) is 5.26. The number of nitrogens with two attached hydrogens (primary N) is 1. The average molecular weight is 198 g/mol. The molecule has 0 aliphatic rings. The third kappa shape index (κ3) is 3.08. The zero-order chi connectivity index (χ0) is 9.68. The van der Waals surface area contributed by atoms with E-state index in [2.05, 4.69) is 18.8 Å². The van der Waals surface area contributed by atoms with E-state index in [-0.39, 0.29) is 0 Å². The van der Waals surface area contributed by atoms with Crippen LogP contribution in [0.15, 0.2) is 11.7 Å². The van der Waals surface area contributed by atoms with E-state index in [1.165, 1.54) is 17.7 Å². The van der Waals surface area contributed by atoms with Crippen molar-refractivity contribution in [3.8, 4) is 0 Å². The standard InChI is InChI=1S/C10H18N2S/c1-3-8(4-2)10(11)5-9-6-12-7-13-9/h6-8,10H,3-5,11H2,1-2H3. The van der Waals surface area contributed by atoms with Crippen molar-refractivity contribution in [1.82, 2.24) is 4.98 Å². The summed E-state index contributed by atoms with van der Waals surface area (Å²) in [5.74, 6) is 0.655. The first kappa shape index (κ1) is 10.7. The highest BCUT2D eigenvalue weighted by atomic mass is 32.1. The maximum absolute atomic E-state index is 6.11. The van der Waals surface area contributed by atoms with E-state index < -0.39 is 0 Å². The number of rotatable bonds is 5. The van der Waals surface area contributed by atoms with Crippen LogP contribution in [0, 0.1) is 5.92 Å². The SMILES string of the molecule is CCC(CC)C(N)Cc1cncs1. The van der Waals surface area contributed by atoms with Gasteiger partial charge < -0.3 is 5.73 Å². The Bertz CT molecular complexity index is 217. The molecule has 0 spiro atoms. The molecular weight excluding hydrogens is 180 g/mol. The van der Waals surface area contributed by atoms with Crippen molar-refractivity contribution in [2.24, 2.45) is 11.7 Å². The molecule has 0 saturated carbocycles. The van der Waals surface area contributed by atoms with Gasteiger partial charge in [-0.05, 0) is 12.3 Å². The number of aromatic nitrogens is 1. The topological polar surface area (TPSA) is 38.9 Å². The summed E-state index contributed by atoms with van der Waals surface area (Å²) in [6, 6.07) is 0.301. The fraction of sp³-hybridized carbons (Fsp3) is 0.700. The van der Waals surface area contributed by atoms with Gasteiger partial charge >= 0.3 is 0 Å². The summed E-state index contributed by atoms with van der Waals surface area (Å²) in [7, 11) is 0. The van der Waals surface area contributed by atoms with Gasteiger partial charge in [-0.15, -0.1) is 11.3 Å². The van der Waals surface area contributed by atoms with Gasteiger partial charge in [0.1, 0.15) is 0 Å². The van der Waals surface area contributed by atoms with Crippen LogP contribution in [-0.4, -0.2) is 11.0 Å². The summed E-state index contributed by atoms with van der Waals surface area (Å²) < 4.78 is 0. The van der Waals surface area contributed by atoms with E-state index in [0.29, 0.717) is 12.0 Å². The molecule has 0 aliphatic carbocycles. The van der Waals surface area contributed by atoms with Crippen molar-refractivity contribution in [2.75, 3.05) is 0 Å². The number of thiazole rings is 1. The molecular formula is C10H18N2S. The molecule has 0 bridgehead atoms. The zero-order valence-electron chi connectivity index (χ0n) is 8.36. The van der Waals surface area contributed by atoms with E-state index in [1.54, 1.807) is 11.3 Å². The van der Waals surface area contributed by atoms with Crippen LogP contribution in [0.2, 0.25) is 0 Å². The van der Waals surface area contributed by atoms with Crippen LogP contribution in [0.5, 0.6) is 0 Å². The largest absolute Gasteiger partial charge is 0.327 e. The van der Waals surface area contributed by atoms with Crippen molar-refractivity contribution in [3.05, 3.63) is 16.6 Å². The lowest BCUT2D eigenvalue weighted by Gasteiger charge is -2.20. The number of hydrogen-bond acceptors (Lipinski definition) is 3. The van der Waals surface area contributed by atoms with Crippen LogP contribution < -0.4 is 5.73 Å². The van der Waals surface area contributed by atoms with Gasteiger partial charge in [0.2, 0.25) is 0 Å². The summed E-state index contributed by atoms with van der Waals surface area (Å²) >= 11 is 1.70. The molecule has 1 atom stereocenters. The molecule has 13 heavy (non-hydrogen) atoms. The maximum Gasteiger partial charge on any atom is 0.0794 e. The molecule has 0 saturated heterocycles. The van der Waals surface area contributed by atoms with Crippen LogP contribution >= 0.6 is 11.3 Å². The van der Waals surface area contributed by atoms with Gasteiger partial charge in [0.15, 0.2) is 0 Å². The Morgan fingerprint density at radius 2 is 2.15 bits per heavy atom. The fourth-order valence-corrected chi connectivity index (χ4v) is 2.30. The molecule has 1 unspecified atom stereocenters. The van der Waals surface area contributed by atoms with E-state index in [1.807, 2.05) is 11.7 Å². The molecule has 1 heterocycles. The van der Waals surface area contributed by atoms with Gasteiger partial charge in [-0.1, -0.05) is 26.7 Å². The third-order valence-electron chi connectivity index (χ3n) is 2.57.